The number of aromatic nitrogens is 2. The summed E-state index contributed by atoms with van der Waals surface area (Å²) >= 11 is 0. The fourth-order valence-corrected chi connectivity index (χ4v) is 2.43. The Balaban J connectivity index is 2.59. The van der Waals surface area contributed by atoms with E-state index in [1.54, 1.807) is 11.6 Å². The van der Waals surface area contributed by atoms with Gasteiger partial charge in [-0.05, 0) is 33.3 Å². The highest BCUT2D eigenvalue weighted by Gasteiger charge is 2.31. The molecule has 1 aromatic rings. The van der Waals surface area contributed by atoms with E-state index < -0.39 is 5.97 Å². The van der Waals surface area contributed by atoms with Crippen LogP contribution in [-0.2, 0) is 11.3 Å². The molecule has 0 amide bonds. The van der Waals surface area contributed by atoms with Gasteiger partial charge in [0.1, 0.15) is 11.3 Å². The van der Waals surface area contributed by atoms with Crippen molar-refractivity contribution in [3.63, 3.8) is 0 Å². The Kier molecular flexibility index (Phi) is 4.50. The Hall–Kier alpha value is -2.04. The minimum absolute atomic E-state index is 0.0640. The summed E-state index contributed by atoms with van der Waals surface area (Å²) in [4.78, 5) is 12.3. The second kappa shape index (κ2) is 6.16. The molecule has 114 valence electrons. The molecule has 1 aliphatic heterocycles. The lowest BCUT2D eigenvalue weighted by molar-refractivity contribution is 0.0514. The molecule has 0 spiro atoms. The molecule has 0 saturated carbocycles. The van der Waals surface area contributed by atoms with E-state index >= 15 is 0 Å². The van der Waals surface area contributed by atoms with Gasteiger partial charge in [-0.25, -0.2) is 9.48 Å². The number of ether oxygens (including phenoxy) is 2. The van der Waals surface area contributed by atoms with Crippen LogP contribution in [0.5, 0.6) is 5.88 Å². The lowest BCUT2D eigenvalue weighted by atomic mass is 10.0. The first kappa shape index (κ1) is 15.4. The van der Waals surface area contributed by atoms with Crippen LogP contribution in [0.4, 0.5) is 0 Å². The molecule has 5 nitrogen and oxygen atoms in total. The first-order chi connectivity index (χ1) is 9.99. The number of aryl methyl sites for hydroxylation is 1. The Bertz CT molecular complexity index is 599. The molecule has 2 heterocycles. The van der Waals surface area contributed by atoms with Crippen LogP contribution < -0.4 is 4.74 Å². The summed E-state index contributed by atoms with van der Waals surface area (Å²) in [6.07, 6.45) is 2.84. The van der Waals surface area contributed by atoms with E-state index in [1.807, 2.05) is 26.8 Å². The minimum Gasteiger partial charge on any atom is -0.474 e. The molecule has 0 unspecified atom stereocenters. The fraction of sp³-hybridized carbons (Fsp3) is 0.500. The molecular formula is C16H22N2O3. The lowest BCUT2D eigenvalue weighted by Gasteiger charge is -2.21. The molecule has 0 N–H and O–H groups in total. The number of fused-ring (bicyclic) bond motifs is 1. The third-order valence-corrected chi connectivity index (χ3v) is 3.45. The topological polar surface area (TPSA) is 53.4 Å². The third-order valence-electron chi connectivity index (χ3n) is 3.45. The average Bonchev–Trinajstić information content (AvgIpc) is 2.77. The second-order valence-corrected chi connectivity index (χ2v) is 5.17. The Morgan fingerprint density at radius 1 is 1.62 bits per heavy atom. The molecule has 0 fully saturated rings. The van der Waals surface area contributed by atoms with Crippen LogP contribution in [0, 0.1) is 0 Å². The van der Waals surface area contributed by atoms with Crippen LogP contribution in [0.15, 0.2) is 18.2 Å². The summed E-state index contributed by atoms with van der Waals surface area (Å²) in [5, 5.41) is 4.54. The van der Waals surface area contributed by atoms with Crippen LogP contribution in [-0.4, -0.2) is 28.5 Å². The Morgan fingerprint density at radius 3 is 2.90 bits per heavy atom. The van der Waals surface area contributed by atoms with Gasteiger partial charge in [-0.1, -0.05) is 12.7 Å². The van der Waals surface area contributed by atoms with Gasteiger partial charge in [0.15, 0.2) is 0 Å². The summed E-state index contributed by atoms with van der Waals surface area (Å²) in [5.41, 5.74) is 2.69. The first-order valence-electron chi connectivity index (χ1n) is 7.26. The zero-order valence-corrected chi connectivity index (χ0v) is 13.1. The first-order valence-corrected chi connectivity index (χ1v) is 7.26. The van der Waals surface area contributed by atoms with E-state index in [1.165, 1.54) is 0 Å². The number of carbonyl (C=O) groups excluding carboxylic acids is 1. The number of hydrogen-bond donors (Lipinski definition) is 0. The van der Waals surface area contributed by atoms with Crippen molar-refractivity contribution < 1.29 is 14.3 Å². The van der Waals surface area contributed by atoms with Crippen molar-refractivity contribution in [3.05, 3.63) is 29.5 Å². The number of allylic oxidation sites excluding steroid dienone is 3. The predicted octanol–water partition coefficient (Wildman–Crippen LogP) is 3.21. The molecule has 0 aromatic carbocycles. The minimum atomic E-state index is -0.400. The second-order valence-electron chi connectivity index (χ2n) is 5.17. The molecule has 1 atom stereocenters. The van der Waals surface area contributed by atoms with E-state index in [0.717, 1.165) is 24.1 Å². The zero-order chi connectivity index (χ0) is 15.6. The van der Waals surface area contributed by atoms with Gasteiger partial charge in [0.25, 0.3) is 0 Å². The summed E-state index contributed by atoms with van der Waals surface area (Å²) < 4.78 is 12.7. The smallest absolute Gasteiger partial charge is 0.345 e. The normalized spacial score (nSPS) is 17.9. The van der Waals surface area contributed by atoms with Crippen LogP contribution in [0.25, 0.3) is 5.57 Å². The van der Waals surface area contributed by atoms with E-state index in [0.29, 0.717) is 23.7 Å². The standard InChI is InChI=1S/C16H22N2O3/c1-6-12(10(3)4)14-13(16(19)20-7-2)15-18(17-14)9-8-11(5)21-15/h6,11H,3,7-9H2,1-2,4-5H3/b12-6+/t11-/m1/s1. The van der Waals surface area contributed by atoms with Crippen LogP contribution in [0.3, 0.4) is 0 Å². The largest absolute Gasteiger partial charge is 0.474 e. The van der Waals surface area contributed by atoms with Gasteiger partial charge in [-0.2, -0.15) is 5.10 Å². The van der Waals surface area contributed by atoms with E-state index in [4.69, 9.17) is 9.47 Å². The summed E-state index contributed by atoms with van der Waals surface area (Å²) in [6.45, 7) is 12.6. The molecule has 0 aliphatic carbocycles. The maximum absolute atomic E-state index is 12.3. The van der Waals surface area contributed by atoms with Gasteiger partial charge in [0, 0.05) is 18.5 Å². The number of hydrogen-bond acceptors (Lipinski definition) is 4. The molecule has 0 bridgehead atoms. The van der Waals surface area contributed by atoms with E-state index in [9.17, 15) is 4.79 Å². The maximum Gasteiger partial charge on any atom is 0.345 e. The number of esters is 1. The Morgan fingerprint density at radius 2 is 2.33 bits per heavy atom. The molecule has 1 aliphatic rings. The van der Waals surface area contributed by atoms with Crippen LogP contribution in [0.1, 0.15) is 50.2 Å². The molecule has 2 rings (SSSR count). The van der Waals surface area contributed by atoms with Gasteiger partial charge in [0.2, 0.25) is 5.88 Å². The highest BCUT2D eigenvalue weighted by molar-refractivity contribution is 5.99. The molecule has 1 aromatic heterocycles. The summed E-state index contributed by atoms with van der Waals surface area (Å²) in [7, 11) is 0. The molecule has 0 saturated heterocycles. The molecule has 5 heteroatoms. The molecular weight excluding hydrogens is 268 g/mol. The van der Waals surface area contributed by atoms with Crippen molar-refractivity contribution in [2.45, 2.75) is 46.8 Å². The van der Waals surface area contributed by atoms with Crippen molar-refractivity contribution in [2.24, 2.45) is 0 Å². The fourth-order valence-electron chi connectivity index (χ4n) is 2.43. The highest BCUT2D eigenvalue weighted by Crippen LogP contribution is 2.34. The van der Waals surface area contributed by atoms with Crippen molar-refractivity contribution in [1.82, 2.24) is 9.78 Å². The van der Waals surface area contributed by atoms with Crippen molar-refractivity contribution in [2.75, 3.05) is 6.61 Å². The maximum atomic E-state index is 12.3. The average molecular weight is 290 g/mol. The highest BCUT2D eigenvalue weighted by atomic mass is 16.5. The van der Waals surface area contributed by atoms with Crippen LogP contribution in [0.2, 0.25) is 0 Å². The monoisotopic (exact) mass is 290 g/mol. The quantitative estimate of drug-likeness (QED) is 0.631. The van der Waals surface area contributed by atoms with E-state index in [-0.39, 0.29) is 6.10 Å². The summed E-state index contributed by atoms with van der Waals surface area (Å²) in [5.74, 6) is 0.103. The van der Waals surface area contributed by atoms with Crippen molar-refractivity contribution in [3.8, 4) is 5.88 Å². The van der Waals surface area contributed by atoms with Gasteiger partial charge >= 0.3 is 5.97 Å². The third kappa shape index (κ3) is 2.86. The molecule has 0 radical (unpaired) electrons. The number of nitrogens with zero attached hydrogens (tertiary/aromatic N) is 2. The van der Waals surface area contributed by atoms with Crippen molar-refractivity contribution >= 4 is 11.5 Å². The summed E-state index contributed by atoms with van der Waals surface area (Å²) in [6, 6.07) is 0. The molecule has 21 heavy (non-hydrogen) atoms. The van der Waals surface area contributed by atoms with Crippen LogP contribution >= 0.6 is 0 Å². The predicted molar refractivity (Wildman–Crippen MR) is 81.4 cm³/mol. The van der Waals surface area contributed by atoms with Crippen molar-refractivity contribution in [1.29, 1.82) is 0 Å². The van der Waals surface area contributed by atoms with Gasteiger partial charge < -0.3 is 9.47 Å². The van der Waals surface area contributed by atoms with E-state index in [2.05, 4.69) is 11.7 Å². The number of rotatable bonds is 4. The zero-order valence-electron chi connectivity index (χ0n) is 13.1. The lowest BCUT2D eigenvalue weighted by Crippen LogP contribution is -2.24. The van der Waals surface area contributed by atoms with Gasteiger partial charge in [-0.3, -0.25) is 0 Å². The Labute approximate surface area is 125 Å². The van der Waals surface area contributed by atoms with Gasteiger partial charge in [0.05, 0.1) is 12.7 Å². The van der Waals surface area contributed by atoms with Gasteiger partial charge in [-0.15, -0.1) is 0 Å². The number of carbonyl (C=O) groups is 1. The SMILES string of the molecule is C=C(C)/C(=C\C)c1nn2c(c1C(=O)OCC)O[C@H](C)CC2.